The number of allylic oxidation sites excluding steroid dienone is 1. The molecule has 248 valence electrons. The summed E-state index contributed by atoms with van der Waals surface area (Å²) in [6.07, 6.45) is 18.2. The van der Waals surface area contributed by atoms with Crippen molar-refractivity contribution >= 4 is 18.0 Å². The fraction of sp³-hybridized carbons (Fsp3) is 0.564. The minimum Gasteiger partial charge on any atom is -0.464 e. The molecule has 1 N–H and O–H groups in total. The third kappa shape index (κ3) is 10.7. The normalized spacial score (nSPS) is 23.6. The van der Waals surface area contributed by atoms with Gasteiger partial charge in [-0.15, -0.1) is 0 Å². The lowest BCUT2D eigenvalue weighted by atomic mass is 9.55. The van der Waals surface area contributed by atoms with Crippen LogP contribution < -0.4 is 5.32 Å². The van der Waals surface area contributed by atoms with E-state index in [2.05, 4.69) is 5.32 Å². The minimum atomic E-state index is -0.820. The van der Waals surface area contributed by atoms with Crippen LogP contribution in [0.25, 0.3) is 0 Å². The van der Waals surface area contributed by atoms with Gasteiger partial charge >= 0.3 is 18.0 Å². The summed E-state index contributed by atoms with van der Waals surface area (Å²) in [6.45, 7) is 0.460. The number of hydrogen-bond acceptors (Lipinski definition) is 6. The first-order valence-corrected chi connectivity index (χ1v) is 17.6. The predicted molar refractivity (Wildman–Crippen MR) is 178 cm³/mol. The summed E-state index contributed by atoms with van der Waals surface area (Å²) < 4.78 is 16.8. The molecule has 0 radical (unpaired) electrons. The maximum Gasteiger partial charge on any atom is 0.408 e. The highest BCUT2D eigenvalue weighted by molar-refractivity contribution is 5.82. The molecule has 0 spiro atoms. The van der Waals surface area contributed by atoms with Crippen LogP contribution in [-0.4, -0.2) is 36.8 Å². The summed E-state index contributed by atoms with van der Waals surface area (Å²) in [5.74, 6) is 2.39. The Morgan fingerprint density at radius 1 is 0.717 bits per heavy atom. The van der Waals surface area contributed by atoms with E-state index < -0.39 is 18.1 Å². The number of amides is 1. The van der Waals surface area contributed by atoms with E-state index in [1.807, 2.05) is 66.7 Å². The first-order valence-electron chi connectivity index (χ1n) is 17.6. The lowest BCUT2D eigenvalue weighted by Gasteiger charge is -2.53. The smallest absolute Gasteiger partial charge is 0.408 e. The van der Waals surface area contributed by atoms with Crippen molar-refractivity contribution in [2.24, 2.45) is 23.7 Å². The van der Waals surface area contributed by atoms with Gasteiger partial charge in [0.25, 0.3) is 0 Å². The van der Waals surface area contributed by atoms with E-state index in [-0.39, 0.29) is 18.7 Å². The van der Waals surface area contributed by atoms with Crippen LogP contribution in [0.1, 0.15) is 94.6 Å². The van der Waals surface area contributed by atoms with Crippen molar-refractivity contribution < 1.29 is 28.6 Å². The average Bonchev–Trinajstić information content (AvgIpc) is 3.06. The number of carbonyl (C=O) groups excluding carboxylic acids is 3. The molecule has 0 aromatic heterocycles. The Kier molecular flexibility index (Phi) is 13.1. The van der Waals surface area contributed by atoms with Crippen LogP contribution >= 0.6 is 0 Å². The van der Waals surface area contributed by atoms with Crippen molar-refractivity contribution in [2.75, 3.05) is 6.61 Å². The van der Waals surface area contributed by atoms with Crippen molar-refractivity contribution in [1.82, 2.24) is 5.32 Å². The summed E-state index contributed by atoms with van der Waals surface area (Å²) >= 11 is 0. The Bertz CT molecular complexity index is 1230. The van der Waals surface area contributed by atoms with Crippen molar-refractivity contribution in [3.05, 3.63) is 83.9 Å². The Hall–Kier alpha value is -3.61. The van der Waals surface area contributed by atoms with Gasteiger partial charge in [0.1, 0.15) is 18.8 Å². The second-order valence-electron chi connectivity index (χ2n) is 13.6. The van der Waals surface area contributed by atoms with Gasteiger partial charge in [0.05, 0.1) is 6.61 Å². The lowest BCUT2D eigenvalue weighted by molar-refractivity contribution is -0.165. The van der Waals surface area contributed by atoms with Gasteiger partial charge in [-0.2, -0.15) is 0 Å². The van der Waals surface area contributed by atoms with Crippen LogP contribution in [0.2, 0.25) is 0 Å². The van der Waals surface area contributed by atoms with Crippen molar-refractivity contribution in [3.63, 3.8) is 0 Å². The molecule has 4 aliphatic carbocycles. The molecule has 0 saturated heterocycles. The summed E-state index contributed by atoms with van der Waals surface area (Å²) in [4.78, 5) is 37.8. The molecule has 2 aromatic rings. The predicted octanol–water partition coefficient (Wildman–Crippen LogP) is 8.11. The highest BCUT2D eigenvalue weighted by atomic mass is 16.6. The number of hydrogen-bond donors (Lipinski definition) is 1. The summed E-state index contributed by atoms with van der Waals surface area (Å²) in [6, 6.07) is 18.2. The third-order valence-corrected chi connectivity index (χ3v) is 9.98. The van der Waals surface area contributed by atoms with Gasteiger partial charge in [-0.25, -0.2) is 14.4 Å². The van der Waals surface area contributed by atoms with E-state index >= 15 is 0 Å². The molecule has 6 rings (SSSR count). The van der Waals surface area contributed by atoms with Crippen molar-refractivity contribution in [2.45, 2.75) is 109 Å². The average molecular weight is 630 g/mol. The van der Waals surface area contributed by atoms with Crippen LogP contribution in [0.15, 0.2) is 72.8 Å². The monoisotopic (exact) mass is 629 g/mol. The standard InChI is InChI=1S/C39H51NO6/c41-36(46-37-33-23-31-22-32(25-33)26-34(37)24-31)20-14-6-4-2-1-3-5-7-15-21-44-38(42)35(27-29-16-10-8-11-17-29)40-39(43)45-28-30-18-12-9-13-19-30/h8-14,16-20,31-35,37H,1-7,15,21-28H2,(H,40,43)/b20-14+/t31?,32?,33?,34?,35-,37?/m0/s1. The highest BCUT2D eigenvalue weighted by Crippen LogP contribution is 2.54. The topological polar surface area (TPSA) is 90.9 Å². The molecule has 0 unspecified atom stereocenters. The number of esters is 2. The Balaban J connectivity index is 0.894. The number of unbranched alkanes of at least 4 members (excludes halogenated alkanes) is 7. The third-order valence-electron chi connectivity index (χ3n) is 9.98. The van der Waals surface area contributed by atoms with Crippen LogP contribution in [0, 0.1) is 23.7 Å². The molecule has 4 aliphatic rings. The van der Waals surface area contributed by atoms with E-state index in [9.17, 15) is 14.4 Å². The molecule has 4 fully saturated rings. The SMILES string of the molecule is O=C(/C=C/CCCCCCCCCOC(=O)[C@H](Cc1ccccc1)NC(=O)OCc1ccccc1)OC1C2CC3CC(C2)CC1C3. The quantitative estimate of drug-likeness (QED) is 0.0775. The fourth-order valence-corrected chi connectivity index (χ4v) is 7.89. The highest BCUT2D eigenvalue weighted by Gasteiger charge is 2.49. The number of rotatable bonds is 18. The number of ether oxygens (including phenoxy) is 3. The minimum absolute atomic E-state index is 0.132. The summed E-state index contributed by atoms with van der Waals surface area (Å²) in [5.41, 5.74) is 1.81. The number of nitrogens with one attached hydrogen (secondary N) is 1. The van der Waals surface area contributed by atoms with Gasteiger partial charge in [-0.05, 0) is 86.2 Å². The van der Waals surface area contributed by atoms with E-state index in [0.29, 0.717) is 24.9 Å². The molecular formula is C39H51NO6. The van der Waals surface area contributed by atoms with Gasteiger partial charge in [-0.3, -0.25) is 0 Å². The largest absolute Gasteiger partial charge is 0.464 e. The maximum atomic E-state index is 12.9. The molecule has 7 nitrogen and oxygen atoms in total. The van der Waals surface area contributed by atoms with Crippen molar-refractivity contribution in [1.29, 1.82) is 0 Å². The molecule has 4 bridgehead atoms. The van der Waals surface area contributed by atoms with Crippen LogP contribution in [0.5, 0.6) is 0 Å². The van der Waals surface area contributed by atoms with E-state index in [0.717, 1.165) is 74.3 Å². The second kappa shape index (κ2) is 17.9. The van der Waals surface area contributed by atoms with E-state index in [1.165, 1.54) is 32.1 Å². The zero-order chi connectivity index (χ0) is 32.0. The zero-order valence-corrected chi connectivity index (χ0v) is 27.2. The summed E-state index contributed by atoms with van der Waals surface area (Å²) in [7, 11) is 0. The molecule has 0 heterocycles. The van der Waals surface area contributed by atoms with Gasteiger partial charge in [0.2, 0.25) is 0 Å². The Labute approximate surface area is 274 Å². The van der Waals surface area contributed by atoms with Crippen LogP contribution in [0.4, 0.5) is 4.79 Å². The number of benzene rings is 2. The molecule has 1 amide bonds. The van der Waals surface area contributed by atoms with Gasteiger partial charge in [0.15, 0.2) is 0 Å². The first kappa shape index (κ1) is 33.7. The Morgan fingerprint density at radius 3 is 1.96 bits per heavy atom. The second-order valence-corrected chi connectivity index (χ2v) is 13.6. The zero-order valence-electron chi connectivity index (χ0n) is 27.2. The maximum absolute atomic E-state index is 12.9. The van der Waals surface area contributed by atoms with Gasteiger partial charge in [-0.1, -0.05) is 98.8 Å². The van der Waals surface area contributed by atoms with Gasteiger partial charge in [0, 0.05) is 12.5 Å². The number of carbonyl (C=O) groups is 3. The molecule has 7 heteroatoms. The molecule has 0 aliphatic heterocycles. The summed E-state index contributed by atoms with van der Waals surface area (Å²) in [5, 5.41) is 2.69. The number of alkyl carbamates (subject to hydrolysis) is 1. The molecular weight excluding hydrogens is 578 g/mol. The van der Waals surface area contributed by atoms with Crippen LogP contribution in [0.3, 0.4) is 0 Å². The van der Waals surface area contributed by atoms with E-state index in [1.54, 1.807) is 6.08 Å². The van der Waals surface area contributed by atoms with Gasteiger partial charge < -0.3 is 19.5 Å². The van der Waals surface area contributed by atoms with E-state index in [4.69, 9.17) is 14.2 Å². The Morgan fingerprint density at radius 2 is 1.30 bits per heavy atom. The first-order chi connectivity index (χ1) is 22.5. The molecule has 1 atom stereocenters. The lowest BCUT2D eigenvalue weighted by Crippen LogP contribution is -2.49. The fourth-order valence-electron chi connectivity index (χ4n) is 7.89. The van der Waals surface area contributed by atoms with Crippen molar-refractivity contribution in [3.8, 4) is 0 Å². The molecule has 46 heavy (non-hydrogen) atoms. The van der Waals surface area contributed by atoms with Crippen LogP contribution in [-0.2, 0) is 36.8 Å². The molecule has 2 aromatic carbocycles. The molecule has 4 saturated carbocycles.